The summed E-state index contributed by atoms with van der Waals surface area (Å²) in [6, 6.07) is 0.850. The number of nitrogens with zero attached hydrogens (tertiary/aromatic N) is 1. The van der Waals surface area contributed by atoms with Crippen molar-refractivity contribution in [3.8, 4) is 0 Å². The Morgan fingerprint density at radius 1 is 1.00 bits per heavy atom. The molecule has 2 aliphatic rings. The largest absolute Gasteiger partial charge is 0.300 e. The van der Waals surface area contributed by atoms with Crippen LogP contribution >= 0.6 is 12.6 Å². The van der Waals surface area contributed by atoms with E-state index in [0.29, 0.717) is 5.41 Å². The van der Waals surface area contributed by atoms with Crippen LogP contribution in [0.3, 0.4) is 0 Å². The van der Waals surface area contributed by atoms with E-state index in [0.717, 1.165) is 11.8 Å². The van der Waals surface area contributed by atoms with E-state index in [1.807, 2.05) is 0 Å². The Kier molecular flexibility index (Phi) is 6.55. The number of rotatable bonds is 4. The first-order valence-corrected chi connectivity index (χ1v) is 9.28. The molecule has 2 rings (SSSR count). The van der Waals surface area contributed by atoms with Crippen molar-refractivity contribution in [3.05, 3.63) is 0 Å². The molecule has 1 saturated carbocycles. The van der Waals surface area contributed by atoms with Gasteiger partial charge in [-0.1, -0.05) is 45.4 Å². The summed E-state index contributed by atoms with van der Waals surface area (Å²) in [4.78, 5) is 2.84. The highest BCUT2D eigenvalue weighted by molar-refractivity contribution is 7.80. The van der Waals surface area contributed by atoms with Crippen molar-refractivity contribution < 1.29 is 0 Å². The first-order chi connectivity index (χ1) is 9.29. The third-order valence-corrected chi connectivity index (χ3v) is 6.18. The van der Waals surface area contributed by atoms with Crippen molar-refractivity contribution in [1.29, 1.82) is 0 Å². The molecule has 1 aliphatic heterocycles. The number of likely N-dealkylation sites (tertiary alicyclic amines) is 1. The fraction of sp³-hybridized carbons (Fsp3) is 1.00. The highest BCUT2D eigenvalue weighted by atomic mass is 32.1. The van der Waals surface area contributed by atoms with Gasteiger partial charge in [0.1, 0.15) is 0 Å². The van der Waals surface area contributed by atoms with Gasteiger partial charge < -0.3 is 0 Å². The summed E-state index contributed by atoms with van der Waals surface area (Å²) in [6.07, 6.45) is 15.7. The molecule has 1 aliphatic carbocycles. The minimum Gasteiger partial charge on any atom is -0.300 e. The van der Waals surface area contributed by atoms with Crippen LogP contribution in [-0.4, -0.2) is 29.8 Å². The average molecular weight is 284 g/mol. The summed E-state index contributed by atoms with van der Waals surface area (Å²) < 4.78 is 0. The third kappa shape index (κ3) is 4.39. The summed E-state index contributed by atoms with van der Waals surface area (Å²) in [5, 5.41) is 0. The molecular formula is C17H33NS. The van der Waals surface area contributed by atoms with Crippen molar-refractivity contribution >= 4 is 12.6 Å². The van der Waals surface area contributed by atoms with Gasteiger partial charge in [0.05, 0.1) is 0 Å². The topological polar surface area (TPSA) is 3.24 Å². The lowest BCUT2D eigenvalue weighted by molar-refractivity contribution is 0.109. The van der Waals surface area contributed by atoms with E-state index in [-0.39, 0.29) is 0 Å². The Bertz CT molecular complexity index is 246. The van der Waals surface area contributed by atoms with Gasteiger partial charge >= 0.3 is 0 Å². The van der Waals surface area contributed by atoms with Gasteiger partial charge in [-0.15, -0.1) is 0 Å². The van der Waals surface area contributed by atoms with Gasteiger partial charge in [0.2, 0.25) is 0 Å². The Balaban J connectivity index is 2.01. The molecule has 1 heterocycles. The van der Waals surface area contributed by atoms with E-state index in [9.17, 15) is 0 Å². The fourth-order valence-electron chi connectivity index (χ4n) is 4.18. The van der Waals surface area contributed by atoms with Gasteiger partial charge in [-0.3, -0.25) is 4.90 Å². The Morgan fingerprint density at radius 2 is 1.68 bits per heavy atom. The summed E-state index contributed by atoms with van der Waals surface area (Å²) in [5.74, 6) is 1.10. The van der Waals surface area contributed by atoms with Gasteiger partial charge in [-0.25, -0.2) is 0 Å². The predicted octanol–water partition coefficient (Wildman–Crippen LogP) is 4.91. The quantitative estimate of drug-likeness (QED) is 0.566. The Morgan fingerprint density at radius 3 is 2.32 bits per heavy atom. The van der Waals surface area contributed by atoms with Crippen molar-refractivity contribution in [2.75, 3.05) is 18.8 Å². The molecule has 0 aromatic rings. The van der Waals surface area contributed by atoms with Crippen LogP contribution in [0.15, 0.2) is 0 Å². The van der Waals surface area contributed by atoms with Crippen LogP contribution in [-0.2, 0) is 0 Å². The second-order valence-corrected chi connectivity index (χ2v) is 7.27. The zero-order chi connectivity index (χ0) is 13.6. The average Bonchev–Trinajstić information content (AvgIpc) is 2.80. The van der Waals surface area contributed by atoms with E-state index in [1.54, 1.807) is 0 Å². The predicted molar refractivity (Wildman–Crippen MR) is 88.1 cm³/mol. The SMILES string of the molecule is CCC1CCCCCN1CC1(CS)CCCCCC1. The van der Waals surface area contributed by atoms with E-state index in [2.05, 4.69) is 11.8 Å². The standard InChI is InChI=1S/C17H33NS/c1-2-16-10-6-5-9-13-18(16)14-17(15-19)11-7-3-4-8-12-17/h16,19H,2-15H2,1H3. The van der Waals surface area contributed by atoms with Gasteiger partial charge in [0.25, 0.3) is 0 Å². The maximum absolute atomic E-state index is 4.76. The second-order valence-electron chi connectivity index (χ2n) is 6.95. The molecule has 0 N–H and O–H groups in total. The molecule has 1 nitrogen and oxygen atoms in total. The normalized spacial score (nSPS) is 29.7. The van der Waals surface area contributed by atoms with Crippen molar-refractivity contribution in [2.24, 2.45) is 5.41 Å². The molecule has 0 radical (unpaired) electrons. The molecular weight excluding hydrogens is 250 g/mol. The molecule has 2 heteroatoms. The highest BCUT2D eigenvalue weighted by Crippen LogP contribution is 2.38. The molecule has 0 amide bonds. The Labute approximate surface area is 125 Å². The van der Waals surface area contributed by atoms with Gasteiger partial charge in [-0.2, -0.15) is 12.6 Å². The number of hydrogen-bond acceptors (Lipinski definition) is 2. The zero-order valence-electron chi connectivity index (χ0n) is 12.9. The monoisotopic (exact) mass is 283 g/mol. The molecule has 0 aromatic carbocycles. The van der Waals surface area contributed by atoms with Crippen molar-refractivity contribution in [1.82, 2.24) is 4.90 Å². The van der Waals surface area contributed by atoms with E-state index in [4.69, 9.17) is 12.6 Å². The molecule has 1 atom stereocenters. The molecule has 1 saturated heterocycles. The molecule has 0 bridgehead atoms. The molecule has 0 spiro atoms. The van der Waals surface area contributed by atoms with Gasteiger partial charge in [0, 0.05) is 12.6 Å². The lowest BCUT2D eigenvalue weighted by atomic mass is 9.81. The van der Waals surface area contributed by atoms with Gasteiger partial charge in [0.15, 0.2) is 0 Å². The van der Waals surface area contributed by atoms with Crippen LogP contribution in [0.1, 0.15) is 77.6 Å². The summed E-state index contributed by atoms with van der Waals surface area (Å²) in [6.45, 7) is 5.05. The summed E-state index contributed by atoms with van der Waals surface area (Å²) in [7, 11) is 0. The molecule has 1 unspecified atom stereocenters. The Hall–Kier alpha value is 0.310. The minimum atomic E-state index is 0.525. The summed E-state index contributed by atoms with van der Waals surface area (Å²) in [5.41, 5.74) is 0.525. The van der Waals surface area contributed by atoms with Crippen LogP contribution in [0.2, 0.25) is 0 Å². The van der Waals surface area contributed by atoms with E-state index < -0.39 is 0 Å². The summed E-state index contributed by atoms with van der Waals surface area (Å²) >= 11 is 4.76. The third-order valence-electron chi connectivity index (χ3n) is 5.51. The zero-order valence-corrected chi connectivity index (χ0v) is 13.8. The van der Waals surface area contributed by atoms with Crippen LogP contribution in [0, 0.1) is 5.41 Å². The second kappa shape index (κ2) is 7.93. The van der Waals surface area contributed by atoms with Crippen LogP contribution < -0.4 is 0 Å². The van der Waals surface area contributed by atoms with Crippen LogP contribution in [0.5, 0.6) is 0 Å². The smallest absolute Gasteiger partial charge is 0.00928 e. The number of thiol groups is 1. The highest BCUT2D eigenvalue weighted by Gasteiger charge is 2.33. The molecule has 0 aromatic heterocycles. The number of hydrogen-bond donors (Lipinski definition) is 1. The molecule has 19 heavy (non-hydrogen) atoms. The first-order valence-electron chi connectivity index (χ1n) is 8.64. The maximum atomic E-state index is 4.76. The van der Waals surface area contributed by atoms with Crippen LogP contribution in [0.4, 0.5) is 0 Å². The minimum absolute atomic E-state index is 0.525. The van der Waals surface area contributed by atoms with E-state index in [1.165, 1.54) is 83.7 Å². The fourth-order valence-corrected chi connectivity index (χ4v) is 4.60. The van der Waals surface area contributed by atoms with E-state index >= 15 is 0 Å². The lowest BCUT2D eigenvalue weighted by Gasteiger charge is -2.40. The van der Waals surface area contributed by atoms with Crippen molar-refractivity contribution in [3.63, 3.8) is 0 Å². The molecule has 2 fully saturated rings. The van der Waals surface area contributed by atoms with Crippen molar-refractivity contribution in [2.45, 2.75) is 83.6 Å². The van der Waals surface area contributed by atoms with Gasteiger partial charge in [-0.05, 0) is 49.8 Å². The van der Waals surface area contributed by atoms with Crippen LogP contribution in [0.25, 0.3) is 0 Å². The maximum Gasteiger partial charge on any atom is 0.00928 e. The first kappa shape index (κ1) is 15.7. The lowest BCUT2D eigenvalue weighted by Crippen LogP contribution is -2.44. The molecule has 112 valence electrons.